The largest absolute Gasteiger partial charge is 0.834 e. The predicted octanol–water partition coefficient (Wildman–Crippen LogP) is -0.970. The molecule has 48 valence electrons. The molecule has 0 spiro atoms. The van der Waals surface area contributed by atoms with Crippen LogP contribution in [0.4, 0.5) is 0 Å². The minimum atomic E-state index is -0.419. The van der Waals surface area contributed by atoms with Crippen molar-refractivity contribution in [2.75, 3.05) is 13.3 Å². The van der Waals surface area contributed by atoms with E-state index in [0.29, 0.717) is 0 Å². The van der Waals surface area contributed by atoms with Crippen molar-refractivity contribution < 1.29 is 9.84 Å². The summed E-state index contributed by atoms with van der Waals surface area (Å²) in [5.41, 5.74) is 0. The molecule has 1 rings (SSSR count). The van der Waals surface area contributed by atoms with Gasteiger partial charge in [0.1, 0.15) is 6.23 Å². The van der Waals surface area contributed by atoms with Gasteiger partial charge >= 0.3 is 0 Å². The summed E-state index contributed by atoms with van der Waals surface area (Å²) in [5, 5.41) is 12.9. The zero-order valence-corrected chi connectivity index (χ0v) is 4.72. The normalized spacial score (nSPS) is 28.9. The van der Waals surface area contributed by atoms with E-state index in [1.165, 1.54) is 0 Å². The molecule has 3 heteroatoms. The number of nitrogens with one attached hydrogen (secondary N) is 1. The quantitative estimate of drug-likeness (QED) is 0.472. The SMILES string of the molecule is [O-]CO[C@@H]1CCCN1. The fourth-order valence-corrected chi connectivity index (χ4v) is 0.877. The lowest BCUT2D eigenvalue weighted by Crippen LogP contribution is -2.28. The van der Waals surface area contributed by atoms with Gasteiger partial charge in [0.15, 0.2) is 0 Å². The van der Waals surface area contributed by atoms with Crippen molar-refractivity contribution in [3.8, 4) is 0 Å². The third-order valence-electron chi connectivity index (χ3n) is 1.28. The first-order valence-electron chi connectivity index (χ1n) is 2.86. The Kier molecular flexibility index (Phi) is 2.27. The van der Waals surface area contributed by atoms with Gasteiger partial charge < -0.3 is 9.84 Å². The Balaban J connectivity index is 2.06. The Morgan fingerprint density at radius 1 is 1.75 bits per heavy atom. The summed E-state index contributed by atoms with van der Waals surface area (Å²) < 4.78 is 4.74. The van der Waals surface area contributed by atoms with Crippen molar-refractivity contribution in [1.82, 2.24) is 5.32 Å². The van der Waals surface area contributed by atoms with Gasteiger partial charge in [0.2, 0.25) is 0 Å². The average Bonchev–Trinajstić information content (AvgIpc) is 2.19. The number of hydrogen-bond acceptors (Lipinski definition) is 3. The molecule has 1 aliphatic rings. The molecular weight excluding hydrogens is 106 g/mol. The van der Waals surface area contributed by atoms with Crippen molar-refractivity contribution in [2.24, 2.45) is 0 Å². The topological polar surface area (TPSA) is 44.3 Å². The maximum Gasteiger partial charge on any atom is 0.106 e. The molecule has 1 N–H and O–H groups in total. The highest BCUT2D eigenvalue weighted by Gasteiger charge is 2.11. The van der Waals surface area contributed by atoms with Gasteiger partial charge in [-0.15, -0.1) is 0 Å². The van der Waals surface area contributed by atoms with Crippen LogP contribution in [-0.2, 0) is 4.74 Å². The van der Waals surface area contributed by atoms with Crippen LogP contribution in [0, 0.1) is 0 Å². The zero-order valence-electron chi connectivity index (χ0n) is 4.72. The highest BCUT2D eigenvalue weighted by molar-refractivity contribution is 4.63. The summed E-state index contributed by atoms with van der Waals surface area (Å²) in [6.45, 7) is 0.572. The first-order chi connectivity index (χ1) is 3.93. The summed E-state index contributed by atoms with van der Waals surface area (Å²) >= 11 is 0. The van der Waals surface area contributed by atoms with Gasteiger partial charge in [-0.2, -0.15) is 0 Å². The lowest BCUT2D eigenvalue weighted by Gasteiger charge is -2.13. The lowest BCUT2D eigenvalue weighted by atomic mass is 10.4. The molecule has 3 nitrogen and oxygen atoms in total. The molecular formula is C5H10NO2-. The fourth-order valence-electron chi connectivity index (χ4n) is 0.877. The zero-order chi connectivity index (χ0) is 5.82. The first-order valence-corrected chi connectivity index (χ1v) is 2.86. The summed E-state index contributed by atoms with van der Waals surface area (Å²) in [4.78, 5) is 0. The highest BCUT2D eigenvalue weighted by atomic mass is 16.6. The van der Waals surface area contributed by atoms with Crippen molar-refractivity contribution in [3.63, 3.8) is 0 Å². The standard InChI is InChI=1S/C5H10NO2/c7-4-8-5-2-1-3-6-5/h5-6H,1-4H2/q-1/t5-/m1/s1. The van der Waals surface area contributed by atoms with E-state index in [4.69, 9.17) is 4.74 Å². The molecule has 0 saturated carbocycles. The van der Waals surface area contributed by atoms with Crippen LogP contribution < -0.4 is 10.4 Å². The maximum absolute atomic E-state index is 9.82. The molecule has 0 aliphatic carbocycles. The lowest BCUT2D eigenvalue weighted by molar-refractivity contribution is -0.437. The van der Waals surface area contributed by atoms with Gasteiger partial charge in [-0.25, -0.2) is 0 Å². The monoisotopic (exact) mass is 116 g/mol. The van der Waals surface area contributed by atoms with Crippen LogP contribution in [-0.4, -0.2) is 19.6 Å². The number of hydrogen-bond donors (Lipinski definition) is 1. The number of rotatable bonds is 2. The molecule has 1 saturated heterocycles. The second-order valence-corrected chi connectivity index (χ2v) is 1.87. The Hall–Kier alpha value is -0.120. The highest BCUT2D eigenvalue weighted by Crippen LogP contribution is 2.04. The van der Waals surface area contributed by atoms with Crippen LogP contribution >= 0.6 is 0 Å². The van der Waals surface area contributed by atoms with E-state index in [0.717, 1.165) is 19.4 Å². The van der Waals surface area contributed by atoms with Gasteiger partial charge in [-0.3, -0.25) is 5.32 Å². The van der Waals surface area contributed by atoms with Crippen molar-refractivity contribution in [3.05, 3.63) is 0 Å². The average molecular weight is 116 g/mol. The second kappa shape index (κ2) is 3.02. The third kappa shape index (κ3) is 1.43. The minimum absolute atomic E-state index is 0.0486. The van der Waals surface area contributed by atoms with Gasteiger partial charge in [0, 0.05) is 0 Å². The van der Waals surface area contributed by atoms with Crippen LogP contribution in [0.3, 0.4) is 0 Å². The van der Waals surface area contributed by atoms with E-state index in [2.05, 4.69) is 5.32 Å². The number of ether oxygens (including phenoxy) is 1. The van der Waals surface area contributed by atoms with Crippen LogP contribution in [0.2, 0.25) is 0 Å². The molecule has 1 fully saturated rings. The Morgan fingerprint density at radius 2 is 2.62 bits per heavy atom. The maximum atomic E-state index is 9.82. The minimum Gasteiger partial charge on any atom is -0.834 e. The fraction of sp³-hybridized carbons (Fsp3) is 1.00. The van der Waals surface area contributed by atoms with Gasteiger partial charge in [0.25, 0.3) is 0 Å². The molecule has 1 heterocycles. The molecule has 0 aromatic rings. The van der Waals surface area contributed by atoms with Crippen LogP contribution in [0.15, 0.2) is 0 Å². The summed E-state index contributed by atoms with van der Waals surface area (Å²) in [6.07, 6.45) is 2.17. The molecule has 8 heavy (non-hydrogen) atoms. The van der Waals surface area contributed by atoms with E-state index in [9.17, 15) is 5.11 Å². The predicted molar refractivity (Wildman–Crippen MR) is 27.0 cm³/mol. The summed E-state index contributed by atoms with van der Waals surface area (Å²) in [5.74, 6) is 0. The molecule has 0 unspecified atom stereocenters. The van der Waals surface area contributed by atoms with Gasteiger partial charge in [-0.05, 0) is 26.2 Å². The van der Waals surface area contributed by atoms with Crippen molar-refractivity contribution >= 4 is 0 Å². The Bertz CT molecular complexity index is 61.4. The molecule has 1 aliphatic heterocycles. The third-order valence-corrected chi connectivity index (χ3v) is 1.28. The van der Waals surface area contributed by atoms with Crippen molar-refractivity contribution in [1.29, 1.82) is 0 Å². The van der Waals surface area contributed by atoms with Crippen LogP contribution in [0.5, 0.6) is 0 Å². The van der Waals surface area contributed by atoms with E-state index >= 15 is 0 Å². The van der Waals surface area contributed by atoms with E-state index in [1.807, 2.05) is 0 Å². The molecule has 0 radical (unpaired) electrons. The van der Waals surface area contributed by atoms with E-state index in [-0.39, 0.29) is 6.23 Å². The molecule has 0 amide bonds. The molecule has 0 aromatic heterocycles. The van der Waals surface area contributed by atoms with Gasteiger partial charge in [0.05, 0.1) is 0 Å². The molecule has 1 atom stereocenters. The van der Waals surface area contributed by atoms with Gasteiger partial charge in [-0.1, -0.05) is 0 Å². The van der Waals surface area contributed by atoms with E-state index < -0.39 is 6.79 Å². The van der Waals surface area contributed by atoms with Crippen LogP contribution in [0.1, 0.15) is 12.8 Å². The second-order valence-electron chi connectivity index (χ2n) is 1.87. The van der Waals surface area contributed by atoms with Crippen molar-refractivity contribution in [2.45, 2.75) is 19.1 Å². The Labute approximate surface area is 48.7 Å². The van der Waals surface area contributed by atoms with E-state index in [1.54, 1.807) is 0 Å². The summed E-state index contributed by atoms with van der Waals surface area (Å²) in [7, 11) is 0. The first kappa shape index (κ1) is 6.01. The molecule has 0 bridgehead atoms. The Morgan fingerprint density at radius 3 is 3.12 bits per heavy atom. The smallest absolute Gasteiger partial charge is 0.106 e. The summed E-state index contributed by atoms with van der Waals surface area (Å²) in [6, 6.07) is 0. The molecule has 0 aromatic carbocycles. The van der Waals surface area contributed by atoms with Crippen LogP contribution in [0.25, 0.3) is 0 Å².